The Bertz CT molecular complexity index is 744. The highest BCUT2D eigenvalue weighted by Crippen LogP contribution is 2.31. The number of likely N-dealkylation sites (tertiary alicyclic amines) is 1. The molecule has 7 nitrogen and oxygen atoms in total. The zero-order chi connectivity index (χ0) is 21.3. The van der Waals surface area contributed by atoms with Gasteiger partial charge in [-0.05, 0) is 31.4 Å². The Morgan fingerprint density at radius 1 is 1.03 bits per heavy atom. The van der Waals surface area contributed by atoms with Crippen molar-refractivity contribution in [2.75, 3.05) is 37.7 Å². The van der Waals surface area contributed by atoms with Crippen LogP contribution >= 0.6 is 0 Å². The van der Waals surface area contributed by atoms with Gasteiger partial charge in [0.05, 0.1) is 12.2 Å². The van der Waals surface area contributed by atoms with Crippen molar-refractivity contribution in [3.63, 3.8) is 0 Å². The molecular formula is C23H33N3O4. The second-order valence-corrected chi connectivity index (χ2v) is 8.01. The smallest absolute Gasteiger partial charge is 0.227 e. The average molecular weight is 416 g/mol. The zero-order valence-corrected chi connectivity index (χ0v) is 17.9. The van der Waals surface area contributed by atoms with Gasteiger partial charge in [-0.25, -0.2) is 0 Å². The molecular weight excluding hydrogens is 382 g/mol. The number of rotatable bonds is 8. The van der Waals surface area contributed by atoms with E-state index in [1.54, 1.807) is 9.80 Å². The Kier molecular flexibility index (Phi) is 8.11. The van der Waals surface area contributed by atoms with Crippen LogP contribution in [0, 0.1) is 5.92 Å². The average Bonchev–Trinajstić information content (AvgIpc) is 2.79. The number of amides is 3. The van der Waals surface area contributed by atoms with E-state index in [-0.39, 0.29) is 36.5 Å². The molecule has 3 rings (SSSR count). The molecule has 0 aliphatic carbocycles. The summed E-state index contributed by atoms with van der Waals surface area (Å²) in [4.78, 5) is 41.0. The Morgan fingerprint density at radius 3 is 2.53 bits per heavy atom. The molecule has 2 heterocycles. The summed E-state index contributed by atoms with van der Waals surface area (Å²) in [6, 6.07) is 7.48. The van der Waals surface area contributed by atoms with E-state index in [0.29, 0.717) is 44.8 Å². The largest absolute Gasteiger partial charge is 0.490 e. The summed E-state index contributed by atoms with van der Waals surface area (Å²) < 4.78 is 5.59. The van der Waals surface area contributed by atoms with Gasteiger partial charge in [0.2, 0.25) is 17.7 Å². The van der Waals surface area contributed by atoms with Gasteiger partial charge in [0.25, 0.3) is 0 Å². The Balaban J connectivity index is 1.40. The van der Waals surface area contributed by atoms with Crippen LogP contribution in [-0.4, -0.2) is 55.4 Å². The summed E-state index contributed by atoms with van der Waals surface area (Å²) in [7, 11) is 0. The molecule has 0 radical (unpaired) electrons. The van der Waals surface area contributed by atoms with Gasteiger partial charge in [-0.1, -0.05) is 31.9 Å². The first-order valence-electron chi connectivity index (χ1n) is 11.2. The van der Waals surface area contributed by atoms with Crippen LogP contribution in [0.2, 0.25) is 0 Å². The highest BCUT2D eigenvalue weighted by molar-refractivity contribution is 5.97. The second kappa shape index (κ2) is 11.0. The number of piperidine rings is 1. The van der Waals surface area contributed by atoms with E-state index >= 15 is 0 Å². The van der Waals surface area contributed by atoms with Crippen LogP contribution < -0.4 is 15.0 Å². The lowest BCUT2D eigenvalue weighted by molar-refractivity contribution is -0.136. The molecule has 164 valence electrons. The molecule has 0 aromatic heterocycles. The van der Waals surface area contributed by atoms with Gasteiger partial charge in [-0.3, -0.25) is 14.4 Å². The van der Waals surface area contributed by atoms with Crippen LogP contribution in [-0.2, 0) is 14.4 Å². The number of fused-ring (bicyclic) bond motifs is 1. The number of unbranched alkanes of at least 4 members (excludes halogenated alkanes) is 2. The van der Waals surface area contributed by atoms with Crippen molar-refractivity contribution >= 4 is 23.4 Å². The van der Waals surface area contributed by atoms with Crippen LogP contribution in [0.15, 0.2) is 24.3 Å². The molecule has 2 aliphatic rings. The van der Waals surface area contributed by atoms with Gasteiger partial charge in [-0.2, -0.15) is 0 Å². The minimum absolute atomic E-state index is 0.00769. The first-order valence-corrected chi connectivity index (χ1v) is 11.2. The van der Waals surface area contributed by atoms with Crippen molar-refractivity contribution in [1.82, 2.24) is 10.2 Å². The van der Waals surface area contributed by atoms with E-state index < -0.39 is 0 Å². The van der Waals surface area contributed by atoms with Crippen LogP contribution in [0.25, 0.3) is 0 Å². The topological polar surface area (TPSA) is 79.0 Å². The van der Waals surface area contributed by atoms with Crippen molar-refractivity contribution in [3.8, 4) is 5.75 Å². The van der Waals surface area contributed by atoms with E-state index in [2.05, 4.69) is 12.2 Å². The van der Waals surface area contributed by atoms with Crippen LogP contribution in [0.4, 0.5) is 5.69 Å². The fraction of sp³-hybridized carbons (Fsp3) is 0.609. The van der Waals surface area contributed by atoms with Gasteiger partial charge >= 0.3 is 0 Å². The molecule has 7 heteroatoms. The standard InChI is InChI=1S/C23H33N3O4/c1-2-3-6-13-24-23(29)18-11-14-25(15-12-18)21(27)9-10-22(28)26-16-17-30-20-8-5-4-7-19(20)26/h4-5,7-8,18H,2-3,6,9-17H2,1H3,(H,24,29). The minimum atomic E-state index is -0.0551. The number of carbonyl (C=O) groups is 3. The fourth-order valence-corrected chi connectivity index (χ4v) is 4.06. The molecule has 1 aromatic carbocycles. The Morgan fingerprint density at radius 2 is 1.77 bits per heavy atom. The number of carbonyl (C=O) groups excluding carboxylic acids is 3. The summed E-state index contributed by atoms with van der Waals surface area (Å²) in [5.74, 6) is 0.743. The van der Waals surface area contributed by atoms with Crippen molar-refractivity contribution in [2.24, 2.45) is 5.92 Å². The number of hydrogen-bond donors (Lipinski definition) is 1. The summed E-state index contributed by atoms with van der Waals surface area (Å²) in [5.41, 5.74) is 0.770. The molecule has 1 fully saturated rings. The predicted octanol–water partition coefficient (Wildman–Crippen LogP) is 2.74. The monoisotopic (exact) mass is 415 g/mol. The molecule has 0 bridgehead atoms. The number of benzene rings is 1. The van der Waals surface area contributed by atoms with E-state index in [1.807, 2.05) is 24.3 Å². The van der Waals surface area contributed by atoms with Gasteiger partial charge in [0.15, 0.2) is 0 Å². The maximum Gasteiger partial charge on any atom is 0.227 e. The highest BCUT2D eigenvalue weighted by Gasteiger charge is 2.28. The summed E-state index contributed by atoms with van der Waals surface area (Å²) in [5, 5.41) is 3.01. The predicted molar refractivity (Wildman–Crippen MR) is 115 cm³/mol. The number of hydrogen-bond acceptors (Lipinski definition) is 4. The molecule has 30 heavy (non-hydrogen) atoms. The van der Waals surface area contributed by atoms with Crippen molar-refractivity contribution in [3.05, 3.63) is 24.3 Å². The quantitative estimate of drug-likeness (QED) is 0.662. The van der Waals surface area contributed by atoms with Gasteiger partial charge in [-0.15, -0.1) is 0 Å². The molecule has 1 aromatic rings. The zero-order valence-electron chi connectivity index (χ0n) is 17.9. The molecule has 2 aliphatic heterocycles. The van der Waals surface area contributed by atoms with Gasteiger partial charge in [0, 0.05) is 38.4 Å². The SMILES string of the molecule is CCCCCNC(=O)C1CCN(C(=O)CCC(=O)N2CCOc3ccccc32)CC1. The van der Waals surface area contributed by atoms with E-state index in [9.17, 15) is 14.4 Å². The molecule has 0 spiro atoms. The Labute approximate surface area is 178 Å². The summed E-state index contributed by atoms with van der Waals surface area (Å²) in [6.45, 7) is 5.01. The normalized spacial score (nSPS) is 16.6. The summed E-state index contributed by atoms with van der Waals surface area (Å²) >= 11 is 0. The summed E-state index contributed by atoms with van der Waals surface area (Å²) in [6.07, 6.45) is 5.05. The van der Waals surface area contributed by atoms with Crippen molar-refractivity contribution in [1.29, 1.82) is 0 Å². The second-order valence-electron chi connectivity index (χ2n) is 8.01. The van der Waals surface area contributed by atoms with E-state index in [1.165, 1.54) is 0 Å². The highest BCUT2D eigenvalue weighted by atomic mass is 16.5. The van der Waals surface area contributed by atoms with E-state index in [4.69, 9.17) is 4.74 Å². The maximum atomic E-state index is 12.7. The minimum Gasteiger partial charge on any atom is -0.490 e. The third kappa shape index (κ3) is 5.74. The third-order valence-corrected chi connectivity index (χ3v) is 5.88. The molecule has 1 N–H and O–H groups in total. The first kappa shape index (κ1) is 22.1. The van der Waals surface area contributed by atoms with Gasteiger partial charge < -0.3 is 19.9 Å². The lowest BCUT2D eigenvalue weighted by Crippen LogP contribution is -2.43. The van der Waals surface area contributed by atoms with Crippen LogP contribution in [0.5, 0.6) is 5.75 Å². The molecule has 0 atom stereocenters. The van der Waals surface area contributed by atoms with Crippen molar-refractivity contribution in [2.45, 2.75) is 51.9 Å². The first-order chi connectivity index (χ1) is 14.6. The lowest BCUT2D eigenvalue weighted by Gasteiger charge is -2.32. The van der Waals surface area contributed by atoms with E-state index in [0.717, 1.165) is 31.5 Å². The molecule has 3 amide bonds. The number of anilines is 1. The fourth-order valence-electron chi connectivity index (χ4n) is 4.06. The van der Waals surface area contributed by atoms with Crippen molar-refractivity contribution < 1.29 is 19.1 Å². The molecule has 0 saturated carbocycles. The lowest BCUT2D eigenvalue weighted by atomic mass is 9.95. The van der Waals surface area contributed by atoms with Crippen LogP contribution in [0.1, 0.15) is 51.9 Å². The number of para-hydroxylation sites is 2. The third-order valence-electron chi connectivity index (χ3n) is 5.88. The number of nitrogens with zero attached hydrogens (tertiary/aromatic N) is 2. The number of ether oxygens (including phenoxy) is 1. The van der Waals surface area contributed by atoms with Gasteiger partial charge in [0.1, 0.15) is 12.4 Å². The Hall–Kier alpha value is -2.57. The maximum absolute atomic E-state index is 12.7. The molecule has 1 saturated heterocycles. The molecule has 0 unspecified atom stereocenters. The van der Waals surface area contributed by atoms with Crippen LogP contribution in [0.3, 0.4) is 0 Å². The number of nitrogens with one attached hydrogen (secondary N) is 1.